The average Bonchev–Trinajstić information content (AvgIpc) is 2.45. The fraction of sp³-hybridized carbons (Fsp3) is 0.455. The van der Waals surface area contributed by atoms with Crippen molar-refractivity contribution in [3.8, 4) is 0 Å². The van der Waals surface area contributed by atoms with Gasteiger partial charge in [-0.3, -0.25) is 0 Å². The summed E-state index contributed by atoms with van der Waals surface area (Å²) in [7, 11) is 0. The molecule has 80 valence electrons. The fourth-order valence-corrected chi connectivity index (χ4v) is 1.74. The second kappa shape index (κ2) is 3.53. The van der Waals surface area contributed by atoms with E-state index in [0.29, 0.717) is 11.7 Å². The first kappa shape index (κ1) is 9.96. The first-order valence-electron chi connectivity index (χ1n) is 5.16. The van der Waals surface area contributed by atoms with Gasteiger partial charge in [-0.2, -0.15) is 0 Å². The maximum Gasteiger partial charge on any atom is 0.136 e. The molecule has 0 amide bonds. The highest BCUT2D eigenvalue weighted by Crippen LogP contribution is 2.19. The van der Waals surface area contributed by atoms with Crippen LogP contribution in [0.15, 0.2) is 12.4 Å². The van der Waals surface area contributed by atoms with Crippen LogP contribution in [-0.2, 0) is 6.54 Å². The van der Waals surface area contributed by atoms with Crippen LogP contribution in [0.4, 0.5) is 5.82 Å². The van der Waals surface area contributed by atoms with Crippen molar-refractivity contribution < 1.29 is 0 Å². The van der Waals surface area contributed by atoms with E-state index in [1.165, 1.54) is 0 Å². The lowest BCUT2D eigenvalue weighted by Crippen LogP contribution is -2.00. The Bertz CT molecular complexity index is 485. The summed E-state index contributed by atoms with van der Waals surface area (Å²) in [5.74, 6) is 1.91. The summed E-state index contributed by atoms with van der Waals surface area (Å²) in [5.41, 5.74) is 6.77. The molecule has 0 saturated carbocycles. The zero-order valence-electron chi connectivity index (χ0n) is 9.36. The first-order chi connectivity index (χ1) is 7.06. The van der Waals surface area contributed by atoms with Crippen LogP contribution in [0.25, 0.3) is 10.9 Å². The van der Waals surface area contributed by atoms with Gasteiger partial charge < -0.3 is 10.3 Å². The van der Waals surface area contributed by atoms with Crippen molar-refractivity contribution in [2.75, 3.05) is 5.73 Å². The second-order valence-corrected chi connectivity index (χ2v) is 4.30. The molecule has 0 radical (unpaired) electrons. The van der Waals surface area contributed by atoms with E-state index in [4.69, 9.17) is 5.73 Å². The van der Waals surface area contributed by atoms with Crippen LogP contribution < -0.4 is 5.73 Å². The highest BCUT2D eigenvalue weighted by atomic mass is 15.0. The normalized spacial score (nSPS) is 11.5. The molecule has 0 aliphatic rings. The monoisotopic (exact) mass is 204 g/mol. The van der Waals surface area contributed by atoms with Crippen molar-refractivity contribution >= 4 is 16.7 Å². The number of aryl methyl sites for hydroxylation is 1. The van der Waals surface area contributed by atoms with E-state index in [1.807, 2.05) is 19.3 Å². The minimum atomic E-state index is 0.569. The molecule has 2 N–H and O–H groups in total. The predicted octanol–water partition coefficient (Wildman–Crippen LogP) is 1.98. The van der Waals surface area contributed by atoms with E-state index in [0.717, 1.165) is 23.3 Å². The molecule has 0 aliphatic heterocycles. The van der Waals surface area contributed by atoms with Crippen LogP contribution in [0.2, 0.25) is 0 Å². The molecule has 2 aromatic rings. The zero-order valence-corrected chi connectivity index (χ0v) is 9.36. The van der Waals surface area contributed by atoms with Crippen LogP contribution in [-0.4, -0.2) is 14.5 Å². The molecule has 2 heterocycles. The summed E-state index contributed by atoms with van der Waals surface area (Å²) in [4.78, 5) is 8.50. The SMILES string of the molecule is Cc1nc(N)c2cn(CC(C)C)cc2n1. The van der Waals surface area contributed by atoms with Crippen LogP contribution in [0.1, 0.15) is 19.7 Å². The van der Waals surface area contributed by atoms with Crippen molar-refractivity contribution in [2.24, 2.45) is 5.92 Å². The summed E-state index contributed by atoms with van der Waals surface area (Å²) in [5, 5.41) is 0.946. The average molecular weight is 204 g/mol. The zero-order chi connectivity index (χ0) is 11.0. The number of nitrogens with zero attached hydrogens (tertiary/aromatic N) is 3. The van der Waals surface area contributed by atoms with E-state index in [2.05, 4.69) is 28.4 Å². The first-order valence-corrected chi connectivity index (χ1v) is 5.16. The van der Waals surface area contributed by atoms with Crippen molar-refractivity contribution in [3.05, 3.63) is 18.2 Å². The lowest BCUT2D eigenvalue weighted by Gasteiger charge is -2.04. The molecular weight excluding hydrogens is 188 g/mol. The number of hydrogen-bond donors (Lipinski definition) is 1. The third kappa shape index (κ3) is 1.93. The molecule has 2 rings (SSSR count). The van der Waals surface area contributed by atoms with Gasteiger partial charge in [-0.05, 0) is 12.8 Å². The third-order valence-electron chi connectivity index (χ3n) is 2.28. The van der Waals surface area contributed by atoms with Crippen LogP contribution in [0, 0.1) is 12.8 Å². The Morgan fingerprint density at radius 2 is 2.07 bits per heavy atom. The number of nitrogens with two attached hydrogens (primary N) is 1. The molecule has 0 bridgehead atoms. The van der Waals surface area contributed by atoms with E-state index >= 15 is 0 Å². The van der Waals surface area contributed by atoms with E-state index < -0.39 is 0 Å². The topological polar surface area (TPSA) is 56.7 Å². The highest BCUT2D eigenvalue weighted by Gasteiger charge is 2.06. The predicted molar refractivity (Wildman–Crippen MR) is 61.5 cm³/mol. The molecule has 0 aliphatic carbocycles. The Hall–Kier alpha value is -1.58. The molecule has 4 nitrogen and oxygen atoms in total. The van der Waals surface area contributed by atoms with Crippen molar-refractivity contribution in [2.45, 2.75) is 27.3 Å². The number of anilines is 1. The fourth-order valence-electron chi connectivity index (χ4n) is 1.74. The van der Waals surface area contributed by atoms with Gasteiger partial charge in [-0.25, -0.2) is 9.97 Å². The summed E-state index contributed by atoms with van der Waals surface area (Å²) < 4.78 is 2.12. The van der Waals surface area contributed by atoms with Gasteiger partial charge in [0.1, 0.15) is 11.6 Å². The van der Waals surface area contributed by atoms with Gasteiger partial charge in [-0.1, -0.05) is 13.8 Å². The van der Waals surface area contributed by atoms with Gasteiger partial charge in [0, 0.05) is 18.9 Å². The number of hydrogen-bond acceptors (Lipinski definition) is 3. The number of fused-ring (bicyclic) bond motifs is 1. The molecule has 0 spiro atoms. The Labute approximate surface area is 89.1 Å². The minimum absolute atomic E-state index is 0.569. The summed E-state index contributed by atoms with van der Waals surface area (Å²) in [6.45, 7) is 7.21. The smallest absolute Gasteiger partial charge is 0.136 e. The molecular formula is C11H16N4. The summed E-state index contributed by atoms with van der Waals surface area (Å²) in [6.07, 6.45) is 4.05. The van der Waals surface area contributed by atoms with Gasteiger partial charge >= 0.3 is 0 Å². The van der Waals surface area contributed by atoms with Crippen LogP contribution in [0.3, 0.4) is 0 Å². The van der Waals surface area contributed by atoms with E-state index in [9.17, 15) is 0 Å². The summed E-state index contributed by atoms with van der Waals surface area (Å²) >= 11 is 0. The Kier molecular flexibility index (Phi) is 2.34. The van der Waals surface area contributed by atoms with E-state index in [-0.39, 0.29) is 0 Å². The maximum absolute atomic E-state index is 5.84. The molecule has 0 aromatic carbocycles. The summed E-state index contributed by atoms with van der Waals surface area (Å²) in [6, 6.07) is 0. The van der Waals surface area contributed by atoms with Crippen molar-refractivity contribution in [1.82, 2.24) is 14.5 Å². The lowest BCUT2D eigenvalue weighted by atomic mass is 10.2. The van der Waals surface area contributed by atoms with Crippen LogP contribution in [0.5, 0.6) is 0 Å². The standard InChI is InChI=1S/C11H16N4/c1-7(2)4-15-5-9-10(6-15)13-8(3)14-11(9)12/h5-7H,4H2,1-3H3,(H2,12,13,14). The number of nitrogen functional groups attached to an aromatic ring is 1. The molecule has 0 unspecified atom stereocenters. The molecule has 4 heteroatoms. The van der Waals surface area contributed by atoms with Gasteiger partial charge in [0.25, 0.3) is 0 Å². The third-order valence-corrected chi connectivity index (χ3v) is 2.28. The minimum Gasteiger partial charge on any atom is -0.383 e. The van der Waals surface area contributed by atoms with Gasteiger partial charge in [0.15, 0.2) is 0 Å². The maximum atomic E-state index is 5.84. The molecule has 2 aromatic heterocycles. The molecule has 0 atom stereocenters. The molecule has 0 fully saturated rings. The van der Waals surface area contributed by atoms with Gasteiger partial charge in [0.2, 0.25) is 0 Å². The van der Waals surface area contributed by atoms with Crippen LogP contribution >= 0.6 is 0 Å². The molecule has 15 heavy (non-hydrogen) atoms. The second-order valence-electron chi connectivity index (χ2n) is 4.30. The highest BCUT2D eigenvalue weighted by molar-refractivity contribution is 5.87. The largest absolute Gasteiger partial charge is 0.383 e. The van der Waals surface area contributed by atoms with E-state index in [1.54, 1.807) is 0 Å². The van der Waals surface area contributed by atoms with Gasteiger partial charge in [0.05, 0.1) is 10.9 Å². The Morgan fingerprint density at radius 1 is 1.33 bits per heavy atom. The van der Waals surface area contributed by atoms with Gasteiger partial charge in [-0.15, -0.1) is 0 Å². The number of rotatable bonds is 2. The Balaban J connectivity index is 2.50. The van der Waals surface area contributed by atoms with Crippen molar-refractivity contribution in [1.29, 1.82) is 0 Å². The van der Waals surface area contributed by atoms with Crippen molar-refractivity contribution in [3.63, 3.8) is 0 Å². The Morgan fingerprint density at radius 3 is 2.73 bits per heavy atom. The number of aromatic nitrogens is 3. The quantitative estimate of drug-likeness (QED) is 0.813. The molecule has 0 saturated heterocycles. The lowest BCUT2D eigenvalue weighted by molar-refractivity contribution is 0.526.